The van der Waals surface area contributed by atoms with Gasteiger partial charge in [0.2, 0.25) is 5.91 Å². The highest BCUT2D eigenvalue weighted by atomic mass is 16.5. The van der Waals surface area contributed by atoms with Crippen LogP contribution in [0.3, 0.4) is 0 Å². The number of para-hydroxylation sites is 2. The van der Waals surface area contributed by atoms with Crippen molar-refractivity contribution in [2.45, 2.75) is 18.5 Å². The lowest BCUT2D eigenvalue weighted by Gasteiger charge is -2.37. The highest BCUT2D eigenvalue weighted by molar-refractivity contribution is 6.10. The topological polar surface area (TPSA) is 79.0 Å². The molecule has 166 valence electrons. The second-order valence-electron chi connectivity index (χ2n) is 8.28. The van der Waals surface area contributed by atoms with Gasteiger partial charge in [-0.05, 0) is 30.2 Å². The molecule has 2 heterocycles. The largest absolute Gasteiger partial charge is 0.489 e. The Morgan fingerprint density at radius 1 is 0.970 bits per heavy atom. The Labute approximate surface area is 191 Å². The summed E-state index contributed by atoms with van der Waals surface area (Å²) in [6.45, 7) is 1.56. The van der Waals surface area contributed by atoms with Gasteiger partial charge in [-0.25, -0.2) is 4.79 Å². The third-order valence-electron chi connectivity index (χ3n) is 6.21. The van der Waals surface area contributed by atoms with Crippen molar-refractivity contribution in [3.05, 3.63) is 96.1 Å². The van der Waals surface area contributed by atoms with E-state index < -0.39 is 17.5 Å². The molecule has 1 fully saturated rings. The van der Waals surface area contributed by atoms with E-state index in [1.165, 1.54) is 0 Å². The first kappa shape index (κ1) is 20.8. The third kappa shape index (κ3) is 3.51. The van der Waals surface area contributed by atoms with Crippen LogP contribution in [0.4, 0.5) is 10.5 Å². The van der Waals surface area contributed by atoms with Crippen LogP contribution in [0.25, 0.3) is 0 Å². The van der Waals surface area contributed by atoms with Gasteiger partial charge < -0.3 is 10.1 Å². The molecular weight excluding hydrogens is 418 g/mol. The number of hydrogen-bond acceptors (Lipinski definition) is 4. The first-order chi connectivity index (χ1) is 16.0. The minimum Gasteiger partial charge on any atom is -0.489 e. The van der Waals surface area contributed by atoms with Crippen LogP contribution in [0.15, 0.2) is 84.9 Å². The lowest BCUT2D eigenvalue weighted by atomic mass is 9.92. The molecule has 0 radical (unpaired) electrons. The maximum atomic E-state index is 13.6. The summed E-state index contributed by atoms with van der Waals surface area (Å²) in [7, 11) is 0. The maximum absolute atomic E-state index is 13.6. The first-order valence-corrected chi connectivity index (χ1v) is 10.8. The SMILES string of the molecule is C[C@]1(c2ccccc2)NC(=O)N(CC(=O)N2c3ccccc3OC[C@@H]2c2ccccc2)C1=O. The number of benzene rings is 3. The Hall–Kier alpha value is -4.13. The molecule has 7 nitrogen and oxygen atoms in total. The van der Waals surface area contributed by atoms with Gasteiger partial charge in [-0.3, -0.25) is 19.4 Å². The summed E-state index contributed by atoms with van der Waals surface area (Å²) in [5, 5.41) is 2.76. The molecule has 0 unspecified atom stereocenters. The number of carbonyl (C=O) groups is 3. The quantitative estimate of drug-likeness (QED) is 0.628. The summed E-state index contributed by atoms with van der Waals surface area (Å²) in [6.07, 6.45) is 0. The summed E-state index contributed by atoms with van der Waals surface area (Å²) in [5.74, 6) is -0.227. The highest BCUT2D eigenvalue weighted by Crippen LogP contribution is 2.39. The predicted octanol–water partition coefficient (Wildman–Crippen LogP) is 3.62. The van der Waals surface area contributed by atoms with Gasteiger partial charge in [-0.1, -0.05) is 72.8 Å². The van der Waals surface area contributed by atoms with Crippen LogP contribution in [0, 0.1) is 0 Å². The normalized spacial score (nSPS) is 21.9. The summed E-state index contributed by atoms with van der Waals surface area (Å²) >= 11 is 0. The van der Waals surface area contributed by atoms with E-state index in [9.17, 15) is 14.4 Å². The van der Waals surface area contributed by atoms with Crippen LogP contribution >= 0.6 is 0 Å². The monoisotopic (exact) mass is 441 g/mol. The van der Waals surface area contributed by atoms with Crippen molar-refractivity contribution < 1.29 is 19.1 Å². The number of carbonyl (C=O) groups excluding carboxylic acids is 3. The van der Waals surface area contributed by atoms with E-state index in [4.69, 9.17) is 4.74 Å². The molecule has 7 heteroatoms. The summed E-state index contributed by atoms with van der Waals surface area (Å²) in [5.41, 5.74) is 0.963. The molecule has 2 atom stereocenters. The standard InChI is InChI=1S/C26H23N3O4/c1-26(19-12-6-3-7-13-19)24(31)28(25(32)27-26)16-23(30)29-20-14-8-9-15-22(20)33-17-21(29)18-10-4-2-5-11-18/h2-15,21H,16-17H2,1H3,(H,27,32)/t21-,26-/m1/s1. The number of anilines is 1. The van der Waals surface area contributed by atoms with E-state index in [0.717, 1.165) is 10.5 Å². The Kier molecular flexibility index (Phi) is 5.09. The average Bonchev–Trinajstić information content (AvgIpc) is 3.08. The fourth-order valence-corrected chi connectivity index (χ4v) is 4.44. The van der Waals surface area contributed by atoms with Crippen LogP contribution < -0.4 is 15.0 Å². The molecule has 0 spiro atoms. The second kappa shape index (κ2) is 8.09. The van der Waals surface area contributed by atoms with E-state index in [-0.39, 0.29) is 25.1 Å². The average molecular weight is 441 g/mol. The smallest absolute Gasteiger partial charge is 0.325 e. The molecule has 0 aliphatic carbocycles. The van der Waals surface area contributed by atoms with Crippen molar-refractivity contribution in [1.29, 1.82) is 0 Å². The van der Waals surface area contributed by atoms with Crippen molar-refractivity contribution >= 4 is 23.5 Å². The number of nitrogens with one attached hydrogen (secondary N) is 1. The van der Waals surface area contributed by atoms with Gasteiger partial charge in [0, 0.05) is 0 Å². The highest BCUT2D eigenvalue weighted by Gasteiger charge is 2.50. The second-order valence-corrected chi connectivity index (χ2v) is 8.28. The van der Waals surface area contributed by atoms with Gasteiger partial charge in [0.15, 0.2) is 0 Å². The Morgan fingerprint density at radius 2 is 1.61 bits per heavy atom. The van der Waals surface area contributed by atoms with Crippen LogP contribution in [0.2, 0.25) is 0 Å². The molecule has 0 aromatic heterocycles. The van der Waals surface area contributed by atoms with Gasteiger partial charge in [-0.15, -0.1) is 0 Å². The van der Waals surface area contributed by atoms with Crippen molar-refractivity contribution in [3.63, 3.8) is 0 Å². The third-order valence-corrected chi connectivity index (χ3v) is 6.21. The number of amides is 4. The fourth-order valence-electron chi connectivity index (χ4n) is 4.44. The number of urea groups is 1. The molecule has 0 saturated carbocycles. The molecule has 3 aromatic carbocycles. The van der Waals surface area contributed by atoms with Crippen LogP contribution in [0.5, 0.6) is 5.75 Å². The molecule has 1 N–H and O–H groups in total. The molecule has 2 aliphatic heterocycles. The van der Waals surface area contributed by atoms with Gasteiger partial charge in [0.05, 0.1) is 11.7 Å². The van der Waals surface area contributed by atoms with Gasteiger partial charge in [0.25, 0.3) is 5.91 Å². The van der Waals surface area contributed by atoms with Crippen molar-refractivity contribution in [1.82, 2.24) is 10.2 Å². The fraction of sp³-hybridized carbons (Fsp3) is 0.192. The molecule has 5 rings (SSSR count). The summed E-state index contributed by atoms with van der Waals surface area (Å²) < 4.78 is 5.92. The lowest BCUT2D eigenvalue weighted by molar-refractivity contribution is -0.134. The Bertz CT molecular complexity index is 1210. The predicted molar refractivity (Wildman–Crippen MR) is 123 cm³/mol. The zero-order chi connectivity index (χ0) is 23.0. The Morgan fingerprint density at radius 3 is 2.33 bits per heavy atom. The van der Waals surface area contributed by atoms with Gasteiger partial charge >= 0.3 is 6.03 Å². The molecule has 33 heavy (non-hydrogen) atoms. The minimum atomic E-state index is -1.22. The van der Waals surface area contributed by atoms with E-state index in [0.29, 0.717) is 17.0 Å². The van der Waals surface area contributed by atoms with E-state index in [1.54, 1.807) is 30.0 Å². The van der Waals surface area contributed by atoms with E-state index in [1.807, 2.05) is 66.7 Å². The molecule has 3 aromatic rings. The lowest BCUT2D eigenvalue weighted by Crippen LogP contribution is -2.48. The number of rotatable bonds is 4. The van der Waals surface area contributed by atoms with Crippen LogP contribution in [-0.4, -0.2) is 35.9 Å². The van der Waals surface area contributed by atoms with Crippen LogP contribution in [-0.2, 0) is 15.1 Å². The zero-order valence-corrected chi connectivity index (χ0v) is 18.1. The number of hydrogen-bond donors (Lipinski definition) is 1. The number of fused-ring (bicyclic) bond motifs is 1. The van der Waals surface area contributed by atoms with E-state index in [2.05, 4.69) is 5.32 Å². The number of ether oxygens (including phenoxy) is 1. The summed E-state index contributed by atoms with van der Waals surface area (Å²) in [4.78, 5) is 42.4. The van der Waals surface area contributed by atoms with Crippen molar-refractivity contribution in [2.75, 3.05) is 18.1 Å². The maximum Gasteiger partial charge on any atom is 0.325 e. The molecule has 4 amide bonds. The molecular formula is C26H23N3O4. The first-order valence-electron chi connectivity index (χ1n) is 10.8. The van der Waals surface area contributed by atoms with Crippen molar-refractivity contribution in [2.24, 2.45) is 0 Å². The van der Waals surface area contributed by atoms with Gasteiger partial charge in [0.1, 0.15) is 24.4 Å². The number of nitrogens with zero attached hydrogens (tertiary/aromatic N) is 2. The van der Waals surface area contributed by atoms with Gasteiger partial charge in [-0.2, -0.15) is 0 Å². The minimum absolute atomic E-state index is 0.272. The molecule has 1 saturated heterocycles. The summed E-state index contributed by atoms with van der Waals surface area (Å²) in [6, 6.07) is 24.9. The van der Waals surface area contributed by atoms with Crippen molar-refractivity contribution in [3.8, 4) is 5.75 Å². The molecule has 0 bridgehead atoms. The van der Waals surface area contributed by atoms with E-state index >= 15 is 0 Å². The number of imide groups is 1. The Balaban J connectivity index is 1.46. The van der Waals surface area contributed by atoms with Crippen LogP contribution in [0.1, 0.15) is 24.1 Å². The zero-order valence-electron chi connectivity index (χ0n) is 18.1. The molecule has 2 aliphatic rings.